The largest absolute Gasteiger partial charge is 0.380 e. The molecule has 0 saturated heterocycles. The van der Waals surface area contributed by atoms with E-state index in [1.54, 1.807) is 6.20 Å². The molecule has 1 heterocycles. The van der Waals surface area contributed by atoms with Crippen LogP contribution in [0.5, 0.6) is 0 Å². The second-order valence-corrected chi connectivity index (χ2v) is 6.31. The van der Waals surface area contributed by atoms with Crippen molar-refractivity contribution in [2.24, 2.45) is 5.41 Å². The van der Waals surface area contributed by atoms with E-state index in [9.17, 15) is 0 Å². The number of hydrogen-bond acceptors (Lipinski definition) is 2. The van der Waals surface area contributed by atoms with Gasteiger partial charge in [0.1, 0.15) is 0 Å². The number of nitrogens with one attached hydrogen (secondary N) is 1. The smallest absolute Gasteiger partial charge is 0.152 e. The van der Waals surface area contributed by atoms with Crippen LogP contribution in [0.25, 0.3) is 0 Å². The van der Waals surface area contributed by atoms with Crippen LogP contribution >= 0.6 is 11.6 Å². The highest BCUT2D eigenvalue weighted by molar-refractivity contribution is 6.31. The van der Waals surface area contributed by atoms with E-state index < -0.39 is 0 Å². The van der Waals surface area contributed by atoms with E-state index in [2.05, 4.69) is 30.2 Å². The van der Waals surface area contributed by atoms with Gasteiger partial charge in [-0.3, -0.25) is 0 Å². The molecular formula is C14H21ClN2. The average molecular weight is 253 g/mol. The van der Waals surface area contributed by atoms with Crippen LogP contribution in [0.4, 0.5) is 5.69 Å². The Kier molecular flexibility index (Phi) is 3.62. The third-order valence-corrected chi connectivity index (χ3v) is 3.84. The topological polar surface area (TPSA) is 24.9 Å². The molecule has 1 N–H and O–H groups in total. The van der Waals surface area contributed by atoms with Crippen molar-refractivity contribution in [1.29, 1.82) is 0 Å². The molecule has 0 spiro atoms. The van der Waals surface area contributed by atoms with Gasteiger partial charge in [-0.15, -0.1) is 0 Å². The Morgan fingerprint density at radius 3 is 2.94 bits per heavy atom. The first-order valence-corrected chi connectivity index (χ1v) is 6.73. The highest BCUT2D eigenvalue weighted by Gasteiger charge is 2.28. The third kappa shape index (κ3) is 3.35. The predicted molar refractivity (Wildman–Crippen MR) is 73.6 cm³/mol. The quantitative estimate of drug-likeness (QED) is 0.788. The van der Waals surface area contributed by atoms with Crippen LogP contribution in [-0.2, 0) is 0 Å². The molecule has 1 atom stereocenters. The number of halogens is 1. The first kappa shape index (κ1) is 12.7. The van der Waals surface area contributed by atoms with E-state index in [1.807, 2.05) is 6.92 Å². The summed E-state index contributed by atoms with van der Waals surface area (Å²) in [4.78, 5) is 4.18. The number of anilines is 1. The van der Waals surface area contributed by atoms with Gasteiger partial charge in [-0.05, 0) is 43.2 Å². The molecule has 2 nitrogen and oxygen atoms in total. The molecule has 3 heteroatoms. The molecule has 0 aromatic carbocycles. The molecule has 17 heavy (non-hydrogen) atoms. The summed E-state index contributed by atoms with van der Waals surface area (Å²) in [5.41, 5.74) is 2.57. The van der Waals surface area contributed by atoms with Crippen molar-refractivity contribution in [1.82, 2.24) is 4.98 Å². The summed E-state index contributed by atoms with van der Waals surface area (Å²) >= 11 is 6.11. The molecule has 2 rings (SSSR count). The summed E-state index contributed by atoms with van der Waals surface area (Å²) in [5.74, 6) is 0. The molecule has 1 aliphatic rings. The number of pyridine rings is 1. The van der Waals surface area contributed by atoms with E-state index in [0.29, 0.717) is 16.6 Å². The Labute approximate surface area is 109 Å². The first-order chi connectivity index (χ1) is 7.96. The van der Waals surface area contributed by atoms with Crippen LogP contribution in [0.2, 0.25) is 5.15 Å². The normalized spacial score (nSPS) is 23.4. The van der Waals surface area contributed by atoms with Crippen molar-refractivity contribution >= 4 is 17.3 Å². The molecule has 0 aliphatic heterocycles. The summed E-state index contributed by atoms with van der Waals surface area (Å²) in [6.45, 7) is 6.73. The van der Waals surface area contributed by atoms with Gasteiger partial charge in [0, 0.05) is 12.2 Å². The maximum Gasteiger partial charge on any atom is 0.152 e. The van der Waals surface area contributed by atoms with Gasteiger partial charge in [-0.1, -0.05) is 31.9 Å². The minimum Gasteiger partial charge on any atom is -0.380 e. The van der Waals surface area contributed by atoms with E-state index in [-0.39, 0.29) is 0 Å². The number of hydrogen-bond donors (Lipinski definition) is 1. The lowest BCUT2D eigenvalue weighted by Crippen LogP contribution is -2.31. The fourth-order valence-electron chi connectivity index (χ4n) is 2.70. The molecule has 1 saturated carbocycles. The molecule has 94 valence electrons. The number of rotatable bonds is 2. The van der Waals surface area contributed by atoms with Gasteiger partial charge < -0.3 is 5.32 Å². The SMILES string of the molecule is Cc1cnc(Cl)c(NC2CCCC(C)(C)C2)c1. The van der Waals surface area contributed by atoms with Crippen LogP contribution in [0.1, 0.15) is 45.1 Å². The maximum atomic E-state index is 6.11. The molecule has 0 radical (unpaired) electrons. The minimum atomic E-state index is 0.444. The Hall–Kier alpha value is -0.760. The van der Waals surface area contributed by atoms with Crippen molar-refractivity contribution < 1.29 is 0 Å². The van der Waals surface area contributed by atoms with Gasteiger partial charge in [0.25, 0.3) is 0 Å². The molecule has 0 bridgehead atoms. The fraction of sp³-hybridized carbons (Fsp3) is 0.643. The number of aryl methyl sites for hydroxylation is 1. The van der Waals surface area contributed by atoms with E-state index >= 15 is 0 Å². The van der Waals surface area contributed by atoms with E-state index in [0.717, 1.165) is 11.3 Å². The van der Waals surface area contributed by atoms with Crippen molar-refractivity contribution in [3.63, 3.8) is 0 Å². The minimum absolute atomic E-state index is 0.444. The molecule has 1 fully saturated rings. The summed E-state index contributed by atoms with van der Waals surface area (Å²) in [7, 11) is 0. The maximum absolute atomic E-state index is 6.11. The Bertz CT molecular complexity index is 401. The number of nitrogens with zero attached hydrogens (tertiary/aromatic N) is 1. The van der Waals surface area contributed by atoms with Crippen LogP contribution in [0, 0.1) is 12.3 Å². The van der Waals surface area contributed by atoms with Gasteiger partial charge in [-0.2, -0.15) is 0 Å². The van der Waals surface area contributed by atoms with Crippen molar-refractivity contribution in [2.45, 2.75) is 52.5 Å². The molecular weight excluding hydrogens is 232 g/mol. The summed E-state index contributed by atoms with van der Waals surface area (Å²) in [6.07, 6.45) is 6.86. The van der Waals surface area contributed by atoms with Gasteiger partial charge in [0.15, 0.2) is 5.15 Å². The highest BCUT2D eigenvalue weighted by Crippen LogP contribution is 2.37. The lowest BCUT2D eigenvalue weighted by atomic mass is 9.75. The van der Waals surface area contributed by atoms with Crippen LogP contribution < -0.4 is 5.32 Å². The Balaban J connectivity index is 2.07. The molecule has 1 aliphatic carbocycles. The molecule has 1 unspecified atom stereocenters. The lowest BCUT2D eigenvalue weighted by molar-refractivity contribution is 0.229. The van der Waals surface area contributed by atoms with Crippen molar-refractivity contribution in [2.75, 3.05) is 5.32 Å². The monoisotopic (exact) mass is 252 g/mol. The highest BCUT2D eigenvalue weighted by atomic mass is 35.5. The van der Waals surface area contributed by atoms with Crippen molar-refractivity contribution in [3.8, 4) is 0 Å². The van der Waals surface area contributed by atoms with Gasteiger partial charge in [0.2, 0.25) is 0 Å². The molecule has 1 aromatic rings. The average Bonchev–Trinajstić information content (AvgIpc) is 2.22. The van der Waals surface area contributed by atoms with Crippen LogP contribution in [0.3, 0.4) is 0 Å². The summed E-state index contributed by atoms with van der Waals surface area (Å²) in [5, 5.41) is 4.13. The summed E-state index contributed by atoms with van der Waals surface area (Å²) < 4.78 is 0. The van der Waals surface area contributed by atoms with Gasteiger partial charge in [-0.25, -0.2) is 4.98 Å². The fourth-order valence-corrected chi connectivity index (χ4v) is 2.85. The first-order valence-electron chi connectivity index (χ1n) is 6.35. The third-order valence-electron chi connectivity index (χ3n) is 3.54. The molecule has 0 amide bonds. The van der Waals surface area contributed by atoms with Gasteiger partial charge >= 0.3 is 0 Å². The second-order valence-electron chi connectivity index (χ2n) is 5.95. The van der Waals surface area contributed by atoms with E-state index in [1.165, 1.54) is 25.7 Å². The van der Waals surface area contributed by atoms with Crippen LogP contribution in [0.15, 0.2) is 12.3 Å². The zero-order valence-corrected chi connectivity index (χ0v) is 11.6. The second kappa shape index (κ2) is 4.85. The lowest BCUT2D eigenvalue weighted by Gasteiger charge is -2.36. The van der Waals surface area contributed by atoms with Crippen LogP contribution in [-0.4, -0.2) is 11.0 Å². The predicted octanol–water partition coefficient (Wildman–Crippen LogP) is 4.42. The zero-order chi connectivity index (χ0) is 12.5. The van der Waals surface area contributed by atoms with Gasteiger partial charge in [0.05, 0.1) is 5.69 Å². The zero-order valence-electron chi connectivity index (χ0n) is 10.9. The van der Waals surface area contributed by atoms with Crippen molar-refractivity contribution in [3.05, 3.63) is 23.0 Å². The Morgan fingerprint density at radius 1 is 1.47 bits per heavy atom. The summed E-state index contributed by atoms with van der Waals surface area (Å²) in [6, 6.07) is 2.61. The molecule has 1 aromatic heterocycles. The van der Waals surface area contributed by atoms with E-state index in [4.69, 9.17) is 11.6 Å². The Morgan fingerprint density at radius 2 is 2.24 bits per heavy atom. The standard InChI is InChI=1S/C14H21ClN2/c1-10-7-12(13(15)16-9-10)17-11-5-4-6-14(2,3)8-11/h7,9,11,17H,4-6,8H2,1-3H3. The number of aromatic nitrogens is 1.